The first kappa shape index (κ1) is 17.4. The van der Waals surface area contributed by atoms with Crippen molar-refractivity contribution in [1.82, 2.24) is 5.32 Å². The second-order valence-electron chi connectivity index (χ2n) is 7.18. The van der Waals surface area contributed by atoms with Crippen LogP contribution in [0.25, 0.3) is 0 Å². The van der Waals surface area contributed by atoms with Gasteiger partial charge in [-0.1, -0.05) is 26.8 Å². The molecular formula is C15H29NO3Si. The molecule has 0 unspecified atom stereocenters. The number of rotatable bonds is 6. The number of hydrogen-bond acceptors (Lipinski definition) is 3. The van der Waals surface area contributed by atoms with Crippen LogP contribution in [0.5, 0.6) is 0 Å². The van der Waals surface area contributed by atoms with Crippen molar-refractivity contribution < 1.29 is 14.3 Å². The van der Waals surface area contributed by atoms with Crippen LogP contribution in [0.15, 0.2) is 12.7 Å². The summed E-state index contributed by atoms with van der Waals surface area (Å²) in [5, 5.41) is 12.5. The van der Waals surface area contributed by atoms with Crippen LogP contribution in [-0.4, -0.2) is 37.6 Å². The van der Waals surface area contributed by atoms with Gasteiger partial charge in [0.05, 0.1) is 6.10 Å². The number of carboxylic acid groups (broad SMARTS) is 1. The van der Waals surface area contributed by atoms with E-state index in [4.69, 9.17) is 4.43 Å². The number of hydrogen-bond donors (Lipinski definition) is 2. The smallest absolute Gasteiger partial charge is 0.320 e. The molecule has 0 aliphatic carbocycles. The fourth-order valence-electron chi connectivity index (χ4n) is 2.25. The highest BCUT2D eigenvalue weighted by atomic mass is 28.4. The van der Waals surface area contributed by atoms with Crippen molar-refractivity contribution in [2.24, 2.45) is 0 Å². The number of carboxylic acids is 1. The molecule has 4 nitrogen and oxygen atoms in total. The first-order valence-corrected chi connectivity index (χ1v) is 10.3. The fourth-order valence-corrected chi connectivity index (χ4v) is 3.63. The molecule has 0 aromatic rings. The number of nitrogens with one attached hydrogen (secondary N) is 1. The zero-order chi connectivity index (χ0) is 15.6. The molecule has 0 bridgehead atoms. The summed E-state index contributed by atoms with van der Waals surface area (Å²) in [5.41, 5.74) is 0. The average molecular weight is 299 g/mol. The normalized spacial score (nSPS) is 27.6. The molecular weight excluding hydrogens is 270 g/mol. The zero-order valence-corrected chi connectivity index (χ0v) is 14.4. The monoisotopic (exact) mass is 299 g/mol. The Labute approximate surface area is 123 Å². The lowest BCUT2D eigenvalue weighted by Crippen LogP contribution is -2.47. The number of allylic oxidation sites excluding steroid dienone is 1. The van der Waals surface area contributed by atoms with E-state index in [1.165, 1.54) is 0 Å². The summed E-state index contributed by atoms with van der Waals surface area (Å²) in [7, 11) is -1.87. The van der Waals surface area contributed by atoms with Crippen molar-refractivity contribution in [3.8, 4) is 0 Å². The maximum atomic E-state index is 11.2. The van der Waals surface area contributed by atoms with Gasteiger partial charge in [0, 0.05) is 6.04 Å². The van der Waals surface area contributed by atoms with Crippen molar-refractivity contribution in [2.75, 3.05) is 0 Å². The van der Waals surface area contributed by atoms with Gasteiger partial charge in [-0.3, -0.25) is 10.1 Å². The summed E-state index contributed by atoms with van der Waals surface area (Å²) in [6, 6.07) is -0.372. The Balaban J connectivity index is 2.78. The predicted molar refractivity (Wildman–Crippen MR) is 84.5 cm³/mol. The van der Waals surface area contributed by atoms with Crippen LogP contribution in [-0.2, 0) is 9.22 Å². The highest BCUT2D eigenvalue weighted by Gasteiger charge is 2.44. The molecule has 1 aliphatic rings. The van der Waals surface area contributed by atoms with E-state index >= 15 is 0 Å². The molecule has 2 N–H and O–H groups in total. The van der Waals surface area contributed by atoms with Gasteiger partial charge in [-0.05, 0) is 37.4 Å². The van der Waals surface area contributed by atoms with Gasteiger partial charge in [0.2, 0.25) is 0 Å². The van der Waals surface area contributed by atoms with E-state index in [-0.39, 0.29) is 17.2 Å². The van der Waals surface area contributed by atoms with Crippen LogP contribution >= 0.6 is 0 Å². The fraction of sp³-hybridized carbons (Fsp3) is 0.800. The first-order valence-electron chi connectivity index (χ1n) is 7.36. The second-order valence-corrected chi connectivity index (χ2v) is 11.9. The van der Waals surface area contributed by atoms with Gasteiger partial charge < -0.3 is 9.53 Å². The van der Waals surface area contributed by atoms with Gasteiger partial charge in [0.15, 0.2) is 8.32 Å². The Morgan fingerprint density at radius 3 is 2.55 bits per heavy atom. The van der Waals surface area contributed by atoms with Crippen LogP contribution in [0.4, 0.5) is 0 Å². The van der Waals surface area contributed by atoms with Gasteiger partial charge in [-0.15, -0.1) is 6.58 Å². The molecule has 0 saturated carbocycles. The maximum Gasteiger partial charge on any atom is 0.320 e. The van der Waals surface area contributed by atoms with E-state index in [1.54, 1.807) is 0 Å². The van der Waals surface area contributed by atoms with Gasteiger partial charge in [-0.25, -0.2) is 0 Å². The molecule has 116 valence electrons. The zero-order valence-electron chi connectivity index (χ0n) is 13.4. The lowest BCUT2D eigenvalue weighted by molar-refractivity contribution is -0.139. The number of carbonyl (C=O) groups is 1. The third-order valence-corrected chi connectivity index (χ3v) is 9.07. The summed E-state index contributed by atoms with van der Waals surface area (Å²) in [5.74, 6) is -0.782. The van der Waals surface area contributed by atoms with E-state index in [0.717, 1.165) is 12.8 Å². The molecule has 1 heterocycles. The van der Waals surface area contributed by atoms with Crippen LogP contribution in [0.1, 0.15) is 40.0 Å². The Kier molecular flexibility index (Phi) is 5.58. The molecule has 3 atom stereocenters. The van der Waals surface area contributed by atoms with Gasteiger partial charge in [-0.2, -0.15) is 0 Å². The average Bonchev–Trinajstić information content (AvgIpc) is 2.67. The van der Waals surface area contributed by atoms with Crippen LogP contribution in [0, 0.1) is 0 Å². The van der Waals surface area contributed by atoms with Crippen molar-refractivity contribution in [3.63, 3.8) is 0 Å². The molecule has 5 heteroatoms. The van der Waals surface area contributed by atoms with E-state index < -0.39 is 20.3 Å². The van der Waals surface area contributed by atoms with Crippen LogP contribution in [0.2, 0.25) is 18.1 Å². The van der Waals surface area contributed by atoms with Gasteiger partial charge in [0.25, 0.3) is 0 Å². The van der Waals surface area contributed by atoms with Crippen LogP contribution < -0.4 is 5.32 Å². The summed E-state index contributed by atoms with van der Waals surface area (Å²) in [6.07, 6.45) is 4.19. The topological polar surface area (TPSA) is 58.6 Å². The highest BCUT2D eigenvalue weighted by Crippen LogP contribution is 2.39. The Bertz CT molecular complexity index is 363. The molecule has 0 amide bonds. The summed E-state index contributed by atoms with van der Waals surface area (Å²) < 4.78 is 6.43. The lowest BCUT2D eigenvalue weighted by atomic mass is 10.1. The quantitative estimate of drug-likeness (QED) is 0.584. The predicted octanol–water partition coefficient (Wildman–Crippen LogP) is 3.16. The van der Waals surface area contributed by atoms with Gasteiger partial charge in [0.1, 0.15) is 6.04 Å². The lowest BCUT2D eigenvalue weighted by Gasteiger charge is -2.39. The second kappa shape index (κ2) is 6.41. The molecule has 20 heavy (non-hydrogen) atoms. The Hall–Kier alpha value is -0.653. The molecule has 1 aliphatic heterocycles. The molecule has 1 saturated heterocycles. The Morgan fingerprint density at radius 1 is 1.50 bits per heavy atom. The maximum absolute atomic E-state index is 11.2. The SMILES string of the molecule is C=CCC[C@@H]1N[C@H](C(=O)O)C[C@H]1O[Si](C)(C)C(C)(C)C. The summed E-state index contributed by atoms with van der Waals surface area (Å²) in [6.45, 7) is 14.8. The molecule has 0 aromatic heterocycles. The van der Waals surface area contributed by atoms with Crippen molar-refractivity contribution in [3.05, 3.63) is 12.7 Å². The summed E-state index contributed by atoms with van der Waals surface area (Å²) >= 11 is 0. The molecule has 0 aromatic carbocycles. The van der Waals surface area contributed by atoms with Crippen molar-refractivity contribution in [1.29, 1.82) is 0 Å². The molecule has 0 radical (unpaired) electrons. The number of aliphatic carboxylic acids is 1. The minimum atomic E-state index is -1.87. The van der Waals surface area contributed by atoms with Crippen molar-refractivity contribution in [2.45, 2.75) is 76.4 Å². The van der Waals surface area contributed by atoms with E-state index in [2.05, 4.69) is 45.8 Å². The highest BCUT2D eigenvalue weighted by molar-refractivity contribution is 6.74. The van der Waals surface area contributed by atoms with Crippen LogP contribution in [0.3, 0.4) is 0 Å². The van der Waals surface area contributed by atoms with E-state index in [0.29, 0.717) is 6.42 Å². The molecule has 1 rings (SSSR count). The third-order valence-electron chi connectivity index (χ3n) is 4.56. The van der Waals surface area contributed by atoms with E-state index in [9.17, 15) is 9.90 Å². The third kappa shape index (κ3) is 4.17. The minimum absolute atomic E-state index is 0.00283. The standard InChI is InChI=1S/C15H29NO3Si/c1-7-8-9-11-13(10-12(16-11)14(17)18)19-20(5,6)15(2,3)4/h7,11-13,16H,1,8-10H2,2-6H3,(H,17,18)/t11-,12-,13+/m0/s1. The Morgan fingerprint density at radius 2 is 2.10 bits per heavy atom. The molecule has 1 fully saturated rings. The van der Waals surface area contributed by atoms with Crippen molar-refractivity contribution >= 4 is 14.3 Å². The minimum Gasteiger partial charge on any atom is -0.480 e. The summed E-state index contributed by atoms with van der Waals surface area (Å²) in [4.78, 5) is 11.2. The largest absolute Gasteiger partial charge is 0.480 e. The van der Waals surface area contributed by atoms with Gasteiger partial charge >= 0.3 is 5.97 Å². The molecule has 0 spiro atoms. The first-order chi connectivity index (χ1) is 9.08. The van der Waals surface area contributed by atoms with E-state index in [1.807, 2.05) is 6.08 Å².